The summed E-state index contributed by atoms with van der Waals surface area (Å²) in [6, 6.07) is 8.17. The average molecular weight is 276 g/mol. The number of benzene rings is 1. The number of esters is 1. The number of methoxy groups -OCH3 is 1. The van der Waals surface area contributed by atoms with Crippen LogP contribution >= 0.6 is 0 Å². The highest BCUT2D eigenvalue weighted by Gasteiger charge is 2.43. The van der Waals surface area contributed by atoms with Gasteiger partial charge in [-0.2, -0.15) is 0 Å². The van der Waals surface area contributed by atoms with E-state index >= 15 is 0 Å². The Kier molecular flexibility index (Phi) is 4.81. The number of carbonyl (C=O) groups is 1. The molecule has 0 bridgehead atoms. The summed E-state index contributed by atoms with van der Waals surface area (Å²) in [5, 5.41) is 11.0. The molecule has 2 atom stereocenters. The minimum absolute atomic E-state index is 0.277. The van der Waals surface area contributed by atoms with E-state index in [2.05, 4.69) is 13.0 Å². The van der Waals surface area contributed by atoms with Crippen LogP contribution in [0, 0.1) is 5.92 Å². The molecule has 20 heavy (non-hydrogen) atoms. The van der Waals surface area contributed by atoms with Crippen LogP contribution in [-0.2, 0) is 22.4 Å². The van der Waals surface area contributed by atoms with Gasteiger partial charge in [-0.15, -0.1) is 0 Å². The number of aryl methyl sites for hydroxylation is 1. The number of unbranched alkanes of at least 4 members (excludes halogenated alkanes) is 1. The van der Waals surface area contributed by atoms with Crippen LogP contribution in [0.3, 0.4) is 0 Å². The second-order valence-electron chi connectivity index (χ2n) is 5.77. The first kappa shape index (κ1) is 15.0. The molecule has 0 spiro atoms. The van der Waals surface area contributed by atoms with Crippen molar-refractivity contribution in [2.45, 2.75) is 51.0 Å². The lowest BCUT2D eigenvalue weighted by Crippen LogP contribution is -2.47. The molecule has 0 saturated heterocycles. The molecule has 3 nitrogen and oxygen atoms in total. The number of aliphatic hydroxyl groups is 1. The summed E-state index contributed by atoms with van der Waals surface area (Å²) in [7, 11) is 1.40. The van der Waals surface area contributed by atoms with Crippen molar-refractivity contribution >= 4 is 5.97 Å². The van der Waals surface area contributed by atoms with E-state index in [1.807, 2.05) is 18.2 Å². The van der Waals surface area contributed by atoms with E-state index in [0.717, 1.165) is 24.8 Å². The number of rotatable bonds is 5. The second-order valence-corrected chi connectivity index (χ2v) is 5.77. The minimum Gasteiger partial charge on any atom is -0.469 e. The van der Waals surface area contributed by atoms with E-state index < -0.39 is 11.5 Å². The maximum Gasteiger partial charge on any atom is 0.311 e. The third-order valence-corrected chi connectivity index (χ3v) is 4.42. The van der Waals surface area contributed by atoms with Crippen LogP contribution in [0.25, 0.3) is 0 Å². The SMILES string of the molecule is CCCCC(C(=O)OC)C1(O)CCc2ccccc2C1. The van der Waals surface area contributed by atoms with Gasteiger partial charge >= 0.3 is 5.97 Å². The molecule has 0 saturated carbocycles. The molecular weight excluding hydrogens is 252 g/mol. The number of ether oxygens (including phenoxy) is 1. The number of fused-ring (bicyclic) bond motifs is 1. The summed E-state index contributed by atoms with van der Waals surface area (Å²) in [5.41, 5.74) is 1.49. The quantitative estimate of drug-likeness (QED) is 0.841. The fraction of sp³-hybridized carbons (Fsp3) is 0.588. The summed E-state index contributed by atoms with van der Waals surface area (Å²) in [6.07, 6.45) is 4.65. The van der Waals surface area contributed by atoms with Gasteiger partial charge in [-0.1, -0.05) is 44.0 Å². The zero-order chi connectivity index (χ0) is 14.6. The molecule has 0 radical (unpaired) electrons. The Morgan fingerprint density at radius 3 is 2.75 bits per heavy atom. The van der Waals surface area contributed by atoms with Gasteiger partial charge in [0.1, 0.15) is 0 Å². The van der Waals surface area contributed by atoms with E-state index in [0.29, 0.717) is 19.3 Å². The maximum absolute atomic E-state index is 12.1. The predicted octanol–water partition coefficient (Wildman–Crippen LogP) is 2.89. The van der Waals surface area contributed by atoms with Crippen molar-refractivity contribution in [3.05, 3.63) is 35.4 Å². The van der Waals surface area contributed by atoms with Gasteiger partial charge in [-0.25, -0.2) is 0 Å². The molecule has 2 rings (SSSR count). The first-order valence-corrected chi connectivity index (χ1v) is 7.47. The van der Waals surface area contributed by atoms with E-state index in [1.54, 1.807) is 0 Å². The molecule has 0 amide bonds. The zero-order valence-electron chi connectivity index (χ0n) is 12.4. The van der Waals surface area contributed by atoms with Crippen molar-refractivity contribution in [1.29, 1.82) is 0 Å². The van der Waals surface area contributed by atoms with Gasteiger partial charge in [0.15, 0.2) is 0 Å². The second kappa shape index (κ2) is 6.40. The van der Waals surface area contributed by atoms with E-state index in [4.69, 9.17) is 4.74 Å². The smallest absolute Gasteiger partial charge is 0.311 e. The molecule has 1 aromatic rings. The molecule has 2 unspecified atom stereocenters. The molecular formula is C17H24O3. The summed E-state index contributed by atoms with van der Waals surface area (Å²) in [4.78, 5) is 12.1. The Morgan fingerprint density at radius 1 is 1.40 bits per heavy atom. The molecule has 110 valence electrons. The maximum atomic E-state index is 12.1. The van der Waals surface area contributed by atoms with Crippen molar-refractivity contribution in [3.8, 4) is 0 Å². The first-order valence-electron chi connectivity index (χ1n) is 7.47. The van der Waals surface area contributed by atoms with Crippen molar-refractivity contribution in [3.63, 3.8) is 0 Å². The van der Waals surface area contributed by atoms with Gasteiger partial charge in [0, 0.05) is 6.42 Å². The fourth-order valence-corrected chi connectivity index (χ4v) is 3.20. The predicted molar refractivity (Wildman–Crippen MR) is 78.4 cm³/mol. The summed E-state index contributed by atoms with van der Waals surface area (Å²) < 4.78 is 4.92. The Labute approximate surface area is 121 Å². The first-order chi connectivity index (χ1) is 9.60. The van der Waals surface area contributed by atoms with Crippen LogP contribution in [0.1, 0.15) is 43.7 Å². The Balaban J connectivity index is 2.22. The van der Waals surface area contributed by atoms with Gasteiger partial charge in [-0.05, 0) is 30.4 Å². The third kappa shape index (κ3) is 3.04. The van der Waals surface area contributed by atoms with Crippen molar-refractivity contribution in [2.75, 3.05) is 7.11 Å². The molecule has 0 aromatic heterocycles. The number of carbonyl (C=O) groups excluding carboxylic acids is 1. The Hall–Kier alpha value is -1.35. The highest BCUT2D eigenvalue weighted by atomic mass is 16.5. The monoisotopic (exact) mass is 276 g/mol. The van der Waals surface area contributed by atoms with Gasteiger partial charge in [0.25, 0.3) is 0 Å². The fourth-order valence-electron chi connectivity index (χ4n) is 3.20. The van der Waals surface area contributed by atoms with Crippen LogP contribution in [0.4, 0.5) is 0 Å². The van der Waals surface area contributed by atoms with E-state index in [-0.39, 0.29) is 5.97 Å². The summed E-state index contributed by atoms with van der Waals surface area (Å²) >= 11 is 0. The lowest BCUT2D eigenvalue weighted by Gasteiger charge is -2.38. The lowest BCUT2D eigenvalue weighted by molar-refractivity contribution is -0.157. The standard InChI is InChI=1S/C17H24O3/c1-3-4-9-15(16(18)20-2)17(19)11-10-13-7-5-6-8-14(13)12-17/h5-8,15,19H,3-4,9-12H2,1-2H3. The zero-order valence-corrected chi connectivity index (χ0v) is 12.4. The van der Waals surface area contributed by atoms with Crippen LogP contribution in [0.2, 0.25) is 0 Å². The Morgan fingerprint density at radius 2 is 2.10 bits per heavy atom. The molecule has 1 aliphatic carbocycles. The third-order valence-electron chi connectivity index (χ3n) is 4.42. The summed E-state index contributed by atoms with van der Waals surface area (Å²) in [5.74, 6) is -0.693. The molecule has 0 aliphatic heterocycles. The van der Waals surface area contributed by atoms with Crippen LogP contribution < -0.4 is 0 Å². The van der Waals surface area contributed by atoms with Gasteiger partial charge in [-0.3, -0.25) is 4.79 Å². The lowest BCUT2D eigenvalue weighted by atomic mass is 9.71. The molecule has 1 aliphatic rings. The van der Waals surface area contributed by atoms with Crippen molar-refractivity contribution in [1.82, 2.24) is 0 Å². The van der Waals surface area contributed by atoms with Crippen LogP contribution in [-0.4, -0.2) is 23.8 Å². The van der Waals surface area contributed by atoms with Gasteiger partial charge in [0.2, 0.25) is 0 Å². The molecule has 0 fully saturated rings. The largest absolute Gasteiger partial charge is 0.469 e. The highest BCUT2D eigenvalue weighted by Crippen LogP contribution is 2.37. The molecule has 0 heterocycles. The van der Waals surface area contributed by atoms with Gasteiger partial charge < -0.3 is 9.84 Å². The number of hydrogen-bond acceptors (Lipinski definition) is 3. The molecule has 3 heteroatoms. The van der Waals surface area contributed by atoms with Crippen LogP contribution in [0.15, 0.2) is 24.3 Å². The highest BCUT2D eigenvalue weighted by molar-refractivity contribution is 5.74. The normalized spacial score (nSPS) is 22.9. The topological polar surface area (TPSA) is 46.5 Å². The van der Waals surface area contributed by atoms with Crippen molar-refractivity contribution in [2.24, 2.45) is 5.92 Å². The molecule has 1 N–H and O–H groups in total. The minimum atomic E-state index is -0.962. The summed E-state index contributed by atoms with van der Waals surface area (Å²) in [6.45, 7) is 2.09. The van der Waals surface area contributed by atoms with E-state index in [1.165, 1.54) is 12.7 Å². The van der Waals surface area contributed by atoms with Gasteiger partial charge in [0.05, 0.1) is 18.6 Å². The molecule has 1 aromatic carbocycles. The van der Waals surface area contributed by atoms with Crippen LogP contribution in [0.5, 0.6) is 0 Å². The van der Waals surface area contributed by atoms with Crippen molar-refractivity contribution < 1.29 is 14.6 Å². The number of hydrogen-bond donors (Lipinski definition) is 1. The Bertz CT molecular complexity index is 469. The average Bonchev–Trinajstić information content (AvgIpc) is 2.47. The van der Waals surface area contributed by atoms with E-state index in [9.17, 15) is 9.90 Å².